The molecule has 9 nitrogen and oxygen atoms in total. The molecule has 0 spiro atoms. The minimum absolute atomic E-state index is 0.0203. The number of aromatic nitrogens is 1. The summed E-state index contributed by atoms with van der Waals surface area (Å²) in [6, 6.07) is 3.73. The lowest BCUT2D eigenvalue weighted by atomic mass is 10.2. The van der Waals surface area contributed by atoms with Gasteiger partial charge >= 0.3 is 12.1 Å². The van der Waals surface area contributed by atoms with Crippen molar-refractivity contribution in [3.63, 3.8) is 0 Å². The van der Waals surface area contributed by atoms with Gasteiger partial charge in [0, 0.05) is 24.4 Å². The summed E-state index contributed by atoms with van der Waals surface area (Å²) in [5.74, 6) is -1.46. The Morgan fingerprint density at radius 2 is 2.10 bits per heavy atom. The van der Waals surface area contributed by atoms with E-state index < -0.39 is 40.3 Å². The van der Waals surface area contributed by atoms with Crippen LogP contribution in [0, 0.1) is 10.1 Å². The van der Waals surface area contributed by atoms with Crippen molar-refractivity contribution in [3.05, 3.63) is 51.2 Å². The SMILES string of the molecule is CC(COCC(=O)O)Nc1cc(Oc2ncc(C(F)(F)F)cc2Cl)ccc1[N+](=O)[O-]. The molecule has 0 saturated heterocycles. The molecule has 0 fully saturated rings. The molecule has 30 heavy (non-hydrogen) atoms. The fourth-order valence-corrected chi connectivity index (χ4v) is 2.46. The molecule has 0 amide bonds. The van der Waals surface area contributed by atoms with Gasteiger partial charge in [-0.05, 0) is 19.1 Å². The second-order valence-corrected chi connectivity index (χ2v) is 6.41. The van der Waals surface area contributed by atoms with Gasteiger partial charge in [-0.3, -0.25) is 10.1 Å². The highest BCUT2D eigenvalue weighted by Gasteiger charge is 2.32. The first kappa shape index (κ1) is 23.2. The van der Waals surface area contributed by atoms with Crippen LogP contribution in [0.2, 0.25) is 5.02 Å². The number of carboxylic acids is 1. The number of nitro benzene ring substituents is 1. The maximum atomic E-state index is 12.7. The second-order valence-electron chi connectivity index (χ2n) is 6.00. The van der Waals surface area contributed by atoms with E-state index in [0.717, 1.165) is 6.07 Å². The van der Waals surface area contributed by atoms with Gasteiger partial charge in [-0.15, -0.1) is 0 Å². The van der Waals surface area contributed by atoms with Crippen molar-refractivity contribution in [2.24, 2.45) is 0 Å². The smallest absolute Gasteiger partial charge is 0.417 e. The van der Waals surface area contributed by atoms with Crippen LogP contribution in [0.25, 0.3) is 0 Å². The fraction of sp³-hybridized carbons (Fsp3) is 0.294. The van der Waals surface area contributed by atoms with Crippen molar-refractivity contribution >= 4 is 28.9 Å². The number of alkyl halides is 3. The van der Waals surface area contributed by atoms with Gasteiger partial charge in [0.2, 0.25) is 5.88 Å². The molecule has 13 heteroatoms. The Labute approximate surface area is 172 Å². The molecule has 162 valence electrons. The van der Waals surface area contributed by atoms with Crippen molar-refractivity contribution in [1.29, 1.82) is 0 Å². The first-order valence-corrected chi connectivity index (χ1v) is 8.60. The molecular weight excluding hydrogens is 435 g/mol. The third-order valence-corrected chi connectivity index (χ3v) is 3.78. The summed E-state index contributed by atoms with van der Waals surface area (Å²) in [7, 11) is 0. The van der Waals surface area contributed by atoms with Crippen molar-refractivity contribution in [1.82, 2.24) is 4.98 Å². The normalized spacial score (nSPS) is 12.3. The van der Waals surface area contributed by atoms with Gasteiger partial charge in [0.15, 0.2) is 0 Å². The summed E-state index contributed by atoms with van der Waals surface area (Å²) in [6.07, 6.45) is -4.08. The molecule has 1 heterocycles. The zero-order valence-corrected chi connectivity index (χ0v) is 16.0. The van der Waals surface area contributed by atoms with Crippen LogP contribution in [0.3, 0.4) is 0 Å². The Balaban J connectivity index is 2.21. The number of ether oxygens (including phenoxy) is 2. The Bertz CT molecular complexity index is 941. The number of carbonyl (C=O) groups is 1. The number of aliphatic carboxylic acids is 1. The topological polar surface area (TPSA) is 124 Å². The van der Waals surface area contributed by atoms with E-state index in [-0.39, 0.29) is 29.6 Å². The largest absolute Gasteiger partial charge is 0.480 e. The zero-order chi connectivity index (χ0) is 22.5. The van der Waals surface area contributed by atoms with E-state index >= 15 is 0 Å². The molecule has 0 aliphatic rings. The van der Waals surface area contributed by atoms with Crippen molar-refractivity contribution in [3.8, 4) is 11.6 Å². The van der Waals surface area contributed by atoms with E-state index in [2.05, 4.69) is 10.3 Å². The van der Waals surface area contributed by atoms with Crippen molar-refractivity contribution in [2.45, 2.75) is 19.1 Å². The molecule has 0 radical (unpaired) electrons. The molecule has 2 N–H and O–H groups in total. The molecule has 0 saturated carbocycles. The summed E-state index contributed by atoms with van der Waals surface area (Å²) >= 11 is 5.80. The molecule has 0 bridgehead atoms. The minimum Gasteiger partial charge on any atom is -0.480 e. The van der Waals surface area contributed by atoms with Crippen LogP contribution < -0.4 is 10.1 Å². The Morgan fingerprint density at radius 3 is 2.67 bits per heavy atom. The van der Waals surface area contributed by atoms with E-state index in [0.29, 0.717) is 12.3 Å². The van der Waals surface area contributed by atoms with Crippen LogP contribution in [0.4, 0.5) is 24.5 Å². The lowest BCUT2D eigenvalue weighted by molar-refractivity contribution is -0.384. The molecule has 2 rings (SSSR count). The number of nitrogens with one attached hydrogen (secondary N) is 1. The lowest BCUT2D eigenvalue weighted by Crippen LogP contribution is -2.24. The van der Waals surface area contributed by atoms with Gasteiger partial charge in [-0.1, -0.05) is 11.6 Å². The number of halogens is 4. The third kappa shape index (κ3) is 6.46. The number of hydrogen-bond donors (Lipinski definition) is 2. The van der Waals surface area contributed by atoms with Gasteiger partial charge < -0.3 is 19.9 Å². The van der Waals surface area contributed by atoms with Crippen LogP contribution in [0.1, 0.15) is 12.5 Å². The van der Waals surface area contributed by atoms with Crippen molar-refractivity contribution < 1.29 is 37.5 Å². The molecule has 1 aromatic heterocycles. The van der Waals surface area contributed by atoms with E-state index in [4.69, 9.17) is 26.2 Å². The van der Waals surface area contributed by atoms with Crippen LogP contribution in [-0.2, 0) is 15.7 Å². The van der Waals surface area contributed by atoms with Gasteiger partial charge in [-0.2, -0.15) is 13.2 Å². The molecule has 1 atom stereocenters. The summed E-state index contributed by atoms with van der Waals surface area (Å²) < 4.78 is 48.4. The number of pyridine rings is 1. The third-order valence-electron chi connectivity index (χ3n) is 3.51. The van der Waals surface area contributed by atoms with Crippen LogP contribution in [0.15, 0.2) is 30.5 Å². The number of nitro groups is 1. The number of carboxylic acid groups (broad SMARTS) is 1. The van der Waals surface area contributed by atoms with Crippen LogP contribution in [-0.4, -0.2) is 40.2 Å². The molecule has 0 aliphatic carbocycles. The maximum Gasteiger partial charge on any atom is 0.417 e. The van der Waals surface area contributed by atoms with Gasteiger partial charge in [0.05, 0.1) is 17.1 Å². The molecule has 1 unspecified atom stereocenters. The lowest BCUT2D eigenvalue weighted by Gasteiger charge is -2.16. The maximum absolute atomic E-state index is 12.7. The number of benzene rings is 1. The predicted octanol–water partition coefficient (Wildman–Crippen LogP) is 4.36. The Kier molecular flexibility index (Phi) is 7.40. The van der Waals surface area contributed by atoms with E-state index in [9.17, 15) is 28.1 Å². The number of hydrogen-bond acceptors (Lipinski definition) is 7. The van der Waals surface area contributed by atoms with Gasteiger partial charge in [0.1, 0.15) is 23.1 Å². The summed E-state index contributed by atoms with van der Waals surface area (Å²) in [5.41, 5.74) is -1.34. The average Bonchev–Trinajstić information content (AvgIpc) is 2.62. The first-order valence-electron chi connectivity index (χ1n) is 8.22. The summed E-state index contributed by atoms with van der Waals surface area (Å²) in [6.45, 7) is 1.02. The molecule has 2 aromatic rings. The van der Waals surface area contributed by atoms with E-state index in [1.54, 1.807) is 6.92 Å². The van der Waals surface area contributed by atoms with Gasteiger partial charge in [-0.25, -0.2) is 9.78 Å². The summed E-state index contributed by atoms with van der Waals surface area (Å²) in [4.78, 5) is 24.6. The standard InChI is InChI=1S/C17H15ClF3N3O6/c1-9(7-29-8-15(25)26)23-13-5-11(2-3-14(13)24(27)28)30-16-12(18)4-10(6-22-16)17(19,20)21/h2-6,9,23H,7-8H2,1H3,(H,25,26). The quantitative estimate of drug-likeness (QED) is 0.427. The minimum atomic E-state index is -4.63. The summed E-state index contributed by atoms with van der Waals surface area (Å²) in [5, 5.41) is 22.2. The predicted molar refractivity (Wildman–Crippen MR) is 99.0 cm³/mol. The number of anilines is 1. The van der Waals surface area contributed by atoms with Gasteiger partial charge in [0.25, 0.3) is 5.69 Å². The number of nitrogens with zero attached hydrogens (tertiary/aromatic N) is 2. The molecular formula is C17H15ClF3N3O6. The Hall–Kier alpha value is -3.12. The monoisotopic (exact) mass is 449 g/mol. The average molecular weight is 450 g/mol. The zero-order valence-electron chi connectivity index (χ0n) is 15.3. The highest BCUT2D eigenvalue weighted by atomic mass is 35.5. The molecule has 0 aliphatic heterocycles. The van der Waals surface area contributed by atoms with Crippen LogP contribution >= 0.6 is 11.6 Å². The highest BCUT2D eigenvalue weighted by Crippen LogP contribution is 2.36. The number of rotatable bonds is 9. The van der Waals surface area contributed by atoms with E-state index in [1.807, 2.05) is 0 Å². The van der Waals surface area contributed by atoms with E-state index in [1.165, 1.54) is 12.1 Å². The fourth-order valence-electron chi connectivity index (χ4n) is 2.25. The highest BCUT2D eigenvalue weighted by molar-refractivity contribution is 6.31. The van der Waals surface area contributed by atoms with Crippen LogP contribution in [0.5, 0.6) is 11.6 Å². The Morgan fingerprint density at radius 1 is 1.40 bits per heavy atom. The molecule has 1 aromatic carbocycles. The second kappa shape index (κ2) is 9.59. The first-order chi connectivity index (χ1) is 14.0. The van der Waals surface area contributed by atoms with Crippen molar-refractivity contribution in [2.75, 3.05) is 18.5 Å².